The van der Waals surface area contributed by atoms with E-state index in [1.165, 1.54) is 0 Å². The zero-order valence-electron chi connectivity index (χ0n) is 7.05. The maximum atomic E-state index is 5.20. The first-order chi connectivity index (χ1) is 5.20. The minimum atomic E-state index is 0.229. The van der Waals surface area contributed by atoms with Crippen molar-refractivity contribution in [3.63, 3.8) is 0 Å². The topological polar surface area (TPSA) is 50.4 Å². The van der Waals surface area contributed by atoms with E-state index in [0.717, 1.165) is 25.0 Å². The SMILES string of the molecule is CCC/C(CC)=N/NC(N)=S. The fraction of sp³-hybridized carbons (Fsp3) is 0.714. The van der Waals surface area contributed by atoms with Crippen molar-refractivity contribution in [2.24, 2.45) is 10.8 Å². The van der Waals surface area contributed by atoms with Crippen molar-refractivity contribution in [2.75, 3.05) is 0 Å². The fourth-order valence-corrected chi connectivity index (χ4v) is 0.780. The molecular formula is C7H15N3S. The highest BCUT2D eigenvalue weighted by molar-refractivity contribution is 7.80. The lowest BCUT2D eigenvalue weighted by atomic mass is 10.2. The largest absolute Gasteiger partial charge is 0.375 e. The summed E-state index contributed by atoms with van der Waals surface area (Å²) < 4.78 is 0. The van der Waals surface area contributed by atoms with E-state index >= 15 is 0 Å². The van der Waals surface area contributed by atoms with Crippen LogP contribution >= 0.6 is 12.2 Å². The van der Waals surface area contributed by atoms with E-state index in [0.29, 0.717) is 0 Å². The summed E-state index contributed by atoms with van der Waals surface area (Å²) in [4.78, 5) is 0. The monoisotopic (exact) mass is 173 g/mol. The average Bonchev–Trinajstić information content (AvgIpc) is 1.97. The molecule has 4 heteroatoms. The molecule has 3 N–H and O–H groups in total. The first-order valence-corrected chi connectivity index (χ1v) is 4.22. The van der Waals surface area contributed by atoms with Gasteiger partial charge in [-0.3, -0.25) is 5.43 Å². The van der Waals surface area contributed by atoms with E-state index < -0.39 is 0 Å². The molecule has 3 nitrogen and oxygen atoms in total. The molecule has 0 heterocycles. The van der Waals surface area contributed by atoms with Crippen LogP contribution in [0.15, 0.2) is 5.10 Å². The van der Waals surface area contributed by atoms with Gasteiger partial charge in [-0.2, -0.15) is 5.10 Å². The second-order valence-electron chi connectivity index (χ2n) is 2.26. The molecule has 0 aliphatic carbocycles. The molecule has 0 saturated heterocycles. The third kappa shape index (κ3) is 5.79. The van der Waals surface area contributed by atoms with Crippen molar-refractivity contribution < 1.29 is 0 Å². The highest BCUT2D eigenvalue weighted by atomic mass is 32.1. The third-order valence-corrected chi connectivity index (χ3v) is 1.36. The Balaban J connectivity index is 3.80. The van der Waals surface area contributed by atoms with Crippen LogP contribution in [0.4, 0.5) is 0 Å². The van der Waals surface area contributed by atoms with Gasteiger partial charge in [0.25, 0.3) is 0 Å². The molecule has 0 aliphatic heterocycles. The van der Waals surface area contributed by atoms with Crippen LogP contribution in [0.1, 0.15) is 33.1 Å². The van der Waals surface area contributed by atoms with Crippen molar-refractivity contribution in [1.29, 1.82) is 0 Å². The van der Waals surface area contributed by atoms with E-state index in [1.54, 1.807) is 0 Å². The van der Waals surface area contributed by atoms with Gasteiger partial charge in [0.2, 0.25) is 0 Å². The van der Waals surface area contributed by atoms with Gasteiger partial charge in [0.1, 0.15) is 0 Å². The minimum Gasteiger partial charge on any atom is -0.375 e. The molecule has 0 rings (SSSR count). The number of thiocarbonyl (C=S) groups is 1. The second kappa shape index (κ2) is 6.09. The average molecular weight is 173 g/mol. The Hall–Kier alpha value is -0.640. The third-order valence-electron chi connectivity index (χ3n) is 1.27. The van der Waals surface area contributed by atoms with Gasteiger partial charge in [0, 0.05) is 5.71 Å². The Morgan fingerprint density at radius 1 is 1.55 bits per heavy atom. The zero-order valence-corrected chi connectivity index (χ0v) is 7.87. The smallest absolute Gasteiger partial charge is 0.184 e. The molecule has 0 atom stereocenters. The predicted octanol–water partition coefficient (Wildman–Crippen LogP) is 1.39. The van der Waals surface area contributed by atoms with Crippen molar-refractivity contribution in [2.45, 2.75) is 33.1 Å². The van der Waals surface area contributed by atoms with Crippen LogP contribution in [0, 0.1) is 0 Å². The van der Waals surface area contributed by atoms with Gasteiger partial charge in [-0.1, -0.05) is 20.3 Å². The number of hydrogen-bond donors (Lipinski definition) is 2. The molecule has 0 aromatic rings. The Bertz CT molecular complexity index is 154. The summed E-state index contributed by atoms with van der Waals surface area (Å²) >= 11 is 4.61. The van der Waals surface area contributed by atoms with Gasteiger partial charge in [-0.05, 0) is 25.1 Å². The van der Waals surface area contributed by atoms with E-state index in [4.69, 9.17) is 5.73 Å². The van der Waals surface area contributed by atoms with E-state index in [2.05, 4.69) is 36.6 Å². The highest BCUT2D eigenvalue weighted by Crippen LogP contribution is 1.94. The van der Waals surface area contributed by atoms with Crippen LogP contribution in [-0.4, -0.2) is 10.8 Å². The number of nitrogens with two attached hydrogens (primary N) is 1. The van der Waals surface area contributed by atoms with Gasteiger partial charge >= 0.3 is 0 Å². The summed E-state index contributed by atoms with van der Waals surface area (Å²) in [5, 5.41) is 4.26. The number of hydrazone groups is 1. The number of nitrogens with one attached hydrogen (secondary N) is 1. The van der Waals surface area contributed by atoms with Gasteiger partial charge in [-0.25, -0.2) is 0 Å². The second-order valence-corrected chi connectivity index (χ2v) is 2.70. The van der Waals surface area contributed by atoms with Crippen LogP contribution in [0.5, 0.6) is 0 Å². The van der Waals surface area contributed by atoms with Crippen molar-refractivity contribution in [3.05, 3.63) is 0 Å². The molecule has 0 saturated carbocycles. The first kappa shape index (κ1) is 10.4. The lowest BCUT2D eigenvalue weighted by molar-refractivity contribution is 0.924. The molecule has 11 heavy (non-hydrogen) atoms. The van der Waals surface area contributed by atoms with Gasteiger partial charge in [0.05, 0.1) is 0 Å². The molecular weight excluding hydrogens is 158 g/mol. The van der Waals surface area contributed by atoms with Crippen LogP contribution < -0.4 is 11.2 Å². The van der Waals surface area contributed by atoms with Crippen LogP contribution in [0.3, 0.4) is 0 Å². The summed E-state index contributed by atoms with van der Waals surface area (Å²) in [6.07, 6.45) is 3.06. The van der Waals surface area contributed by atoms with Crippen molar-refractivity contribution in [1.82, 2.24) is 5.43 Å². The summed E-state index contributed by atoms with van der Waals surface area (Å²) in [5.74, 6) is 0. The molecule has 64 valence electrons. The molecule has 0 aliphatic rings. The Morgan fingerprint density at radius 3 is 2.55 bits per heavy atom. The summed E-state index contributed by atoms with van der Waals surface area (Å²) in [7, 11) is 0. The van der Waals surface area contributed by atoms with Crippen LogP contribution in [0.25, 0.3) is 0 Å². The van der Waals surface area contributed by atoms with Gasteiger partial charge in [0.15, 0.2) is 5.11 Å². The molecule has 0 aromatic carbocycles. The standard InChI is InChI=1S/C7H15N3S/c1-3-5-6(4-2)9-10-7(8)11/h3-5H2,1-2H3,(H3,8,10,11)/b9-6+. The number of rotatable bonds is 4. The number of nitrogens with zero attached hydrogens (tertiary/aromatic N) is 1. The maximum Gasteiger partial charge on any atom is 0.184 e. The summed E-state index contributed by atoms with van der Waals surface area (Å²) in [5.41, 5.74) is 8.89. The summed E-state index contributed by atoms with van der Waals surface area (Å²) in [6.45, 7) is 4.18. The van der Waals surface area contributed by atoms with Gasteiger partial charge < -0.3 is 5.73 Å². The fourth-order valence-electron chi connectivity index (χ4n) is 0.734. The molecule has 0 amide bonds. The molecule has 0 unspecified atom stereocenters. The minimum absolute atomic E-state index is 0.229. The van der Waals surface area contributed by atoms with Gasteiger partial charge in [-0.15, -0.1) is 0 Å². The highest BCUT2D eigenvalue weighted by Gasteiger charge is 1.93. The Kier molecular flexibility index (Phi) is 5.74. The predicted molar refractivity (Wildman–Crippen MR) is 52.6 cm³/mol. The van der Waals surface area contributed by atoms with Crippen LogP contribution in [0.2, 0.25) is 0 Å². The first-order valence-electron chi connectivity index (χ1n) is 3.81. The van der Waals surface area contributed by atoms with E-state index in [-0.39, 0.29) is 5.11 Å². The molecule has 0 radical (unpaired) electrons. The maximum absolute atomic E-state index is 5.20. The molecule has 0 fully saturated rings. The lowest BCUT2D eigenvalue weighted by Crippen LogP contribution is -2.25. The Labute approximate surface area is 73.0 Å². The summed E-state index contributed by atoms with van der Waals surface area (Å²) in [6, 6.07) is 0. The molecule has 0 aromatic heterocycles. The van der Waals surface area contributed by atoms with E-state index in [1.807, 2.05) is 0 Å². The normalized spacial score (nSPS) is 11.3. The van der Waals surface area contributed by atoms with Crippen LogP contribution in [-0.2, 0) is 0 Å². The molecule has 0 spiro atoms. The van der Waals surface area contributed by atoms with Crippen molar-refractivity contribution in [3.8, 4) is 0 Å². The van der Waals surface area contributed by atoms with Crippen molar-refractivity contribution >= 4 is 23.0 Å². The lowest BCUT2D eigenvalue weighted by Gasteiger charge is -2.01. The quantitative estimate of drug-likeness (QED) is 0.384. The Morgan fingerprint density at radius 2 is 2.18 bits per heavy atom. The zero-order chi connectivity index (χ0) is 8.69. The molecule has 0 bridgehead atoms. The number of hydrogen-bond acceptors (Lipinski definition) is 2. The van der Waals surface area contributed by atoms with E-state index in [9.17, 15) is 0 Å².